The molecule has 0 saturated carbocycles. The van der Waals surface area contributed by atoms with Gasteiger partial charge in [0.05, 0.1) is 11.1 Å². The summed E-state index contributed by atoms with van der Waals surface area (Å²) in [5.74, 6) is 0. The number of rotatable bonds is 1. The summed E-state index contributed by atoms with van der Waals surface area (Å²) in [6.45, 7) is 2.12. The van der Waals surface area contributed by atoms with E-state index in [1.807, 2.05) is 0 Å². The molecule has 0 heterocycles. The fourth-order valence-electron chi connectivity index (χ4n) is 1.29. The molecule has 0 fully saturated rings. The monoisotopic (exact) mass is 310 g/mol. The molecule has 0 radical (unpaired) electrons. The molecule has 0 spiro atoms. The van der Waals surface area contributed by atoms with E-state index in [4.69, 9.17) is 0 Å². The summed E-state index contributed by atoms with van der Waals surface area (Å²) < 4.78 is 74.7. The molecular formula is C11H10F6LiOP. The van der Waals surface area contributed by atoms with Crippen LogP contribution in [0.4, 0.5) is 26.3 Å². The third-order valence-electron chi connectivity index (χ3n) is 1.92. The van der Waals surface area contributed by atoms with Gasteiger partial charge in [0, 0.05) is 5.56 Å². The van der Waals surface area contributed by atoms with Crippen molar-refractivity contribution in [3.63, 3.8) is 0 Å². The second kappa shape index (κ2) is 7.49. The second-order valence-electron chi connectivity index (χ2n) is 3.80. The standard InChI is InChI=1S/C9H5F6OP.C2H5.Li/c10-8(11,12)4-2-1-3-5(9(13,14)15)6(4)7(16)17;1-2;/h1-3H,17H2;1H2,2H3;. The first-order chi connectivity index (χ1) is 8.96. The molecule has 1 atom stereocenters. The zero-order valence-corrected chi connectivity index (χ0v) is 11.8. The van der Waals surface area contributed by atoms with Gasteiger partial charge < -0.3 is 0 Å². The van der Waals surface area contributed by atoms with Crippen molar-refractivity contribution in [3.05, 3.63) is 34.9 Å². The number of halogens is 6. The topological polar surface area (TPSA) is 17.1 Å². The van der Waals surface area contributed by atoms with Crippen LogP contribution in [0.3, 0.4) is 0 Å². The molecule has 1 nitrogen and oxygen atoms in total. The SMILES string of the molecule is O=C(P)c1c(C(F)(F)F)cccc1C(F)(F)F.[Li][CH2]C. The zero-order valence-electron chi connectivity index (χ0n) is 10.7. The average molecular weight is 310 g/mol. The van der Waals surface area contributed by atoms with E-state index in [-0.39, 0.29) is 0 Å². The summed E-state index contributed by atoms with van der Waals surface area (Å²) in [6, 6.07) is 1.49. The third-order valence-corrected chi connectivity index (χ3v) is 2.21. The van der Waals surface area contributed by atoms with E-state index >= 15 is 0 Å². The van der Waals surface area contributed by atoms with Crippen LogP contribution in [0.2, 0.25) is 5.09 Å². The van der Waals surface area contributed by atoms with Gasteiger partial charge in [-0.25, -0.2) is 0 Å². The molecule has 0 aliphatic rings. The molecule has 0 amide bonds. The first-order valence-electron chi connectivity index (χ1n) is 5.53. The first-order valence-corrected chi connectivity index (χ1v) is 6.11. The Labute approximate surface area is 123 Å². The Hall–Kier alpha value is -0.503. The minimum absolute atomic E-state index is 0.437. The third kappa shape index (κ3) is 5.47. The van der Waals surface area contributed by atoms with Gasteiger partial charge in [0.25, 0.3) is 0 Å². The maximum absolute atomic E-state index is 12.4. The van der Waals surface area contributed by atoms with Crippen molar-refractivity contribution in [2.45, 2.75) is 24.4 Å². The maximum atomic E-state index is 12.4. The molecular weight excluding hydrogens is 300 g/mol. The van der Waals surface area contributed by atoms with Crippen LogP contribution in [0.1, 0.15) is 28.4 Å². The minimum atomic E-state index is -5.01. The molecule has 9 heteroatoms. The summed E-state index contributed by atoms with van der Waals surface area (Å²) >= 11 is 2.12. The van der Waals surface area contributed by atoms with Crippen LogP contribution < -0.4 is 0 Å². The fourth-order valence-corrected chi connectivity index (χ4v) is 1.60. The van der Waals surface area contributed by atoms with Crippen LogP contribution in [0.5, 0.6) is 0 Å². The summed E-state index contributed by atoms with van der Waals surface area (Å²) in [5, 5.41) is 1.25. The van der Waals surface area contributed by atoms with Gasteiger partial charge in [-0.3, -0.25) is 4.79 Å². The first kappa shape index (κ1) is 19.5. The Bertz CT molecular complexity index is 437. The number of hydrogen-bond acceptors (Lipinski definition) is 1. The normalized spacial score (nSPS) is 11.7. The summed E-state index contributed by atoms with van der Waals surface area (Å²) in [6.07, 6.45) is -10.0. The van der Waals surface area contributed by atoms with E-state index in [9.17, 15) is 31.1 Å². The van der Waals surface area contributed by atoms with E-state index < -0.39 is 34.6 Å². The van der Waals surface area contributed by atoms with E-state index in [1.165, 1.54) is 14.3 Å². The van der Waals surface area contributed by atoms with Gasteiger partial charge in [0.1, 0.15) is 0 Å². The van der Waals surface area contributed by atoms with Crippen molar-refractivity contribution in [2.24, 2.45) is 0 Å². The molecule has 0 aromatic heterocycles. The Morgan fingerprint density at radius 1 is 1.10 bits per heavy atom. The van der Waals surface area contributed by atoms with E-state index in [1.54, 1.807) is 0 Å². The van der Waals surface area contributed by atoms with Gasteiger partial charge in [0.2, 0.25) is 0 Å². The molecule has 0 N–H and O–H groups in total. The van der Waals surface area contributed by atoms with E-state index in [0.29, 0.717) is 18.2 Å². The van der Waals surface area contributed by atoms with Crippen LogP contribution in [0.15, 0.2) is 18.2 Å². The number of alkyl halides is 6. The predicted octanol–water partition coefficient (Wildman–Crippen LogP) is 4.33. The molecule has 1 aromatic rings. The second-order valence-corrected chi connectivity index (χ2v) is 4.32. The molecule has 0 saturated heterocycles. The molecule has 0 aliphatic carbocycles. The molecule has 1 rings (SSSR count). The van der Waals surface area contributed by atoms with Crippen molar-refractivity contribution in [1.29, 1.82) is 0 Å². The van der Waals surface area contributed by atoms with Crippen molar-refractivity contribution >= 4 is 32.5 Å². The van der Waals surface area contributed by atoms with Crippen molar-refractivity contribution in [1.82, 2.24) is 0 Å². The summed E-state index contributed by atoms with van der Waals surface area (Å²) in [5.41, 5.74) is -5.91. The van der Waals surface area contributed by atoms with Gasteiger partial charge in [-0.05, 0) is 12.1 Å². The van der Waals surface area contributed by atoms with Crippen LogP contribution in [0, 0.1) is 0 Å². The fraction of sp³-hybridized carbons (Fsp3) is 0.364. The summed E-state index contributed by atoms with van der Waals surface area (Å²) in [7, 11) is 1.32. The summed E-state index contributed by atoms with van der Waals surface area (Å²) in [4.78, 5) is 10.9. The van der Waals surface area contributed by atoms with Gasteiger partial charge in [0.15, 0.2) is 5.52 Å². The van der Waals surface area contributed by atoms with E-state index in [2.05, 4.69) is 24.6 Å². The average Bonchev–Trinajstić information content (AvgIpc) is 2.26. The van der Waals surface area contributed by atoms with Crippen LogP contribution in [-0.4, -0.2) is 23.2 Å². The van der Waals surface area contributed by atoms with Gasteiger partial charge >= 0.3 is 42.1 Å². The number of benzene rings is 1. The Balaban J connectivity index is 0.00000110. The molecule has 0 aliphatic heterocycles. The zero-order chi connectivity index (χ0) is 16.1. The van der Waals surface area contributed by atoms with Gasteiger partial charge in [-0.15, -0.1) is 0 Å². The Morgan fingerprint density at radius 3 is 1.60 bits per heavy atom. The molecule has 0 bridgehead atoms. The van der Waals surface area contributed by atoms with Gasteiger partial charge in [-0.1, -0.05) is 15.3 Å². The Kier molecular flexibility index (Phi) is 7.30. The molecule has 1 aromatic carbocycles. The number of hydrogen-bond donors (Lipinski definition) is 0. The van der Waals surface area contributed by atoms with Crippen molar-refractivity contribution < 1.29 is 31.1 Å². The number of carbonyl (C=O) groups is 1. The quantitative estimate of drug-likeness (QED) is 0.428. The van der Waals surface area contributed by atoms with Crippen LogP contribution in [-0.2, 0) is 12.4 Å². The molecule has 1 unspecified atom stereocenters. The van der Waals surface area contributed by atoms with Crippen LogP contribution >= 0.6 is 9.24 Å². The van der Waals surface area contributed by atoms with Crippen LogP contribution in [0.25, 0.3) is 0 Å². The molecule has 108 valence electrons. The van der Waals surface area contributed by atoms with Crippen molar-refractivity contribution in [3.8, 4) is 0 Å². The van der Waals surface area contributed by atoms with Gasteiger partial charge in [-0.2, -0.15) is 26.3 Å². The Morgan fingerprint density at radius 2 is 1.40 bits per heavy atom. The molecule has 20 heavy (non-hydrogen) atoms. The van der Waals surface area contributed by atoms with Crippen molar-refractivity contribution in [2.75, 3.05) is 0 Å². The van der Waals surface area contributed by atoms with E-state index in [0.717, 1.165) is 0 Å². The predicted molar refractivity (Wildman–Crippen MR) is 66.7 cm³/mol. The number of carbonyl (C=O) groups excluding carboxylic acids is 1.